The summed E-state index contributed by atoms with van der Waals surface area (Å²) in [6.07, 6.45) is 3.85. The lowest BCUT2D eigenvalue weighted by Crippen LogP contribution is -2.57. The lowest BCUT2D eigenvalue weighted by molar-refractivity contribution is -0.126. The van der Waals surface area contributed by atoms with E-state index in [1.165, 1.54) is 12.8 Å². The first kappa shape index (κ1) is 15.4. The fourth-order valence-corrected chi connectivity index (χ4v) is 2.07. The van der Waals surface area contributed by atoms with Crippen LogP contribution in [0, 0.1) is 5.92 Å². The Morgan fingerprint density at radius 3 is 2.33 bits per heavy atom. The van der Waals surface area contributed by atoms with E-state index in [2.05, 4.69) is 10.6 Å². The highest BCUT2D eigenvalue weighted by atomic mass is 16.3. The van der Waals surface area contributed by atoms with Crippen LogP contribution in [0.25, 0.3) is 0 Å². The maximum Gasteiger partial charge on any atom is 0.220 e. The van der Waals surface area contributed by atoms with Crippen molar-refractivity contribution in [1.29, 1.82) is 0 Å². The van der Waals surface area contributed by atoms with Crippen molar-refractivity contribution in [2.75, 3.05) is 13.1 Å². The van der Waals surface area contributed by atoms with E-state index in [-0.39, 0.29) is 5.91 Å². The molecule has 18 heavy (non-hydrogen) atoms. The zero-order valence-corrected chi connectivity index (χ0v) is 12.2. The van der Waals surface area contributed by atoms with E-state index in [1.54, 1.807) is 13.8 Å². The molecule has 1 rings (SSSR count). The summed E-state index contributed by atoms with van der Waals surface area (Å²) in [6.45, 7) is 9.30. The Labute approximate surface area is 111 Å². The molecule has 0 radical (unpaired) electrons. The molecular formula is C14H28N2O2. The molecule has 1 heterocycles. The predicted octanol–water partition coefficient (Wildman–Crippen LogP) is 1.43. The zero-order valence-electron chi connectivity index (χ0n) is 12.2. The third-order valence-electron chi connectivity index (χ3n) is 4.22. The maximum absolute atomic E-state index is 11.9. The van der Waals surface area contributed by atoms with Crippen LogP contribution in [0.1, 0.15) is 53.4 Å². The van der Waals surface area contributed by atoms with Gasteiger partial charge in [-0.15, -0.1) is 0 Å². The minimum atomic E-state index is -0.919. The fraction of sp³-hybridized carbons (Fsp3) is 0.929. The van der Waals surface area contributed by atoms with E-state index in [1.807, 2.05) is 13.8 Å². The number of carbonyl (C=O) groups is 1. The third-order valence-corrected chi connectivity index (χ3v) is 4.22. The SMILES string of the molecule is CC(C)(O)C(C)(C)NC(=O)CCC1CCNCC1. The summed E-state index contributed by atoms with van der Waals surface area (Å²) >= 11 is 0. The van der Waals surface area contributed by atoms with E-state index in [9.17, 15) is 9.90 Å². The first-order valence-corrected chi connectivity index (χ1v) is 6.96. The Bertz CT molecular complexity index is 276. The Balaban J connectivity index is 2.33. The maximum atomic E-state index is 11.9. The van der Waals surface area contributed by atoms with Crippen molar-refractivity contribution in [1.82, 2.24) is 10.6 Å². The van der Waals surface area contributed by atoms with Gasteiger partial charge in [0.15, 0.2) is 0 Å². The lowest BCUT2D eigenvalue weighted by atomic mass is 9.85. The van der Waals surface area contributed by atoms with Gasteiger partial charge in [0.05, 0.1) is 11.1 Å². The summed E-state index contributed by atoms with van der Waals surface area (Å²) in [4.78, 5) is 11.9. The molecule has 0 aromatic carbocycles. The number of hydrogen-bond acceptors (Lipinski definition) is 3. The lowest BCUT2D eigenvalue weighted by Gasteiger charge is -2.38. The normalized spacial score (nSPS) is 18.7. The van der Waals surface area contributed by atoms with E-state index in [0.717, 1.165) is 19.5 Å². The molecule has 4 nitrogen and oxygen atoms in total. The van der Waals surface area contributed by atoms with Gasteiger partial charge in [-0.05, 0) is 66.0 Å². The smallest absolute Gasteiger partial charge is 0.220 e. The molecule has 4 heteroatoms. The molecule has 0 aromatic heterocycles. The van der Waals surface area contributed by atoms with Gasteiger partial charge in [0.1, 0.15) is 0 Å². The molecular weight excluding hydrogens is 228 g/mol. The van der Waals surface area contributed by atoms with Crippen molar-refractivity contribution in [3.05, 3.63) is 0 Å². The van der Waals surface area contributed by atoms with Crippen LogP contribution < -0.4 is 10.6 Å². The average molecular weight is 256 g/mol. The Hall–Kier alpha value is -0.610. The number of nitrogens with one attached hydrogen (secondary N) is 2. The van der Waals surface area contributed by atoms with Crippen molar-refractivity contribution in [3.8, 4) is 0 Å². The van der Waals surface area contributed by atoms with Crippen LogP contribution in [0.15, 0.2) is 0 Å². The molecule has 1 saturated heterocycles. The van der Waals surface area contributed by atoms with Gasteiger partial charge in [-0.2, -0.15) is 0 Å². The number of piperidine rings is 1. The van der Waals surface area contributed by atoms with Crippen molar-refractivity contribution in [2.24, 2.45) is 5.92 Å². The standard InChI is InChI=1S/C14H28N2O2/c1-13(2,14(3,4)18)16-12(17)6-5-11-7-9-15-10-8-11/h11,15,18H,5-10H2,1-4H3,(H,16,17). The molecule has 1 aliphatic rings. The molecule has 0 bridgehead atoms. The second-order valence-corrected chi connectivity index (χ2v) is 6.46. The van der Waals surface area contributed by atoms with Crippen LogP contribution in [0.2, 0.25) is 0 Å². The van der Waals surface area contributed by atoms with Gasteiger partial charge in [-0.3, -0.25) is 4.79 Å². The summed E-state index contributed by atoms with van der Waals surface area (Å²) in [5, 5.41) is 16.2. The highest BCUT2D eigenvalue weighted by Crippen LogP contribution is 2.22. The Morgan fingerprint density at radius 1 is 1.28 bits per heavy atom. The van der Waals surface area contributed by atoms with Crippen molar-refractivity contribution in [2.45, 2.75) is 64.5 Å². The third kappa shape index (κ3) is 4.58. The van der Waals surface area contributed by atoms with Gasteiger partial charge in [0, 0.05) is 6.42 Å². The first-order chi connectivity index (χ1) is 8.22. The molecule has 0 saturated carbocycles. The van der Waals surface area contributed by atoms with Crippen LogP contribution in [-0.2, 0) is 4.79 Å². The monoisotopic (exact) mass is 256 g/mol. The van der Waals surface area contributed by atoms with Crippen LogP contribution in [0.4, 0.5) is 0 Å². The zero-order chi connectivity index (χ0) is 13.8. The molecule has 0 aliphatic carbocycles. The van der Waals surface area contributed by atoms with E-state index >= 15 is 0 Å². The van der Waals surface area contributed by atoms with Crippen molar-refractivity contribution < 1.29 is 9.90 Å². The number of amides is 1. The van der Waals surface area contributed by atoms with Crippen molar-refractivity contribution in [3.63, 3.8) is 0 Å². The molecule has 3 N–H and O–H groups in total. The second kappa shape index (κ2) is 6.02. The van der Waals surface area contributed by atoms with Gasteiger partial charge in [-0.25, -0.2) is 0 Å². The van der Waals surface area contributed by atoms with Gasteiger partial charge in [-0.1, -0.05) is 0 Å². The number of carbonyl (C=O) groups excluding carboxylic acids is 1. The first-order valence-electron chi connectivity index (χ1n) is 6.96. The van der Waals surface area contributed by atoms with Gasteiger partial charge >= 0.3 is 0 Å². The largest absolute Gasteiger partial charge is 0.388 e. The van der Waals surface area contributed by atoms with E-state index in [4.69, 9.17) is 0 Å². The summed E-state index contributed by atoms with van der Waals surface area (Å²) in [6, 6.07) is 0. The van der Waals surface area contributed by atoms with E-state index in [0.29, 0.717) is 12.3 Å². The molecule has 1 fully saturated rings. The van der Waals surface area contributed by atoms with E-state index < -0.39 is 11.1 Å². The summed E-state index contributed by atoms with van der Waals surface area (Å²) < 4.78 is 0. The van der Waals surface area contributed by atoms with Gasteiger partial charge in [0.2, 0.25) is 5.91 Å². The van der Waals surface area contributed by atoms with Crippen LogP contribution in [-0.4, -0.2) is 35.2 Å². The van der Waals surface area contributed by atoms with Crippen molar-refractivity contribution >= 4 is 5.91 Å². The van der Waals surface area contributed by atoms with Crippen LogP contribution in [0.5, 0.6) is 0 Å². The summed E-state index contributed by atoms with van der Waals surface area (Å²) in [5.74, 6) is 0.711. The minimum absolute atomic E-state index is 0.0423. The number of rotatable bonds is 5. The molecule has 0 unspecified atom stereocenters. The average Bonchev–Trinajstić information content (AvgIpc) is 2.26. The topological polar surface area (TPSA) is 61.4 Å². The van der Waals surface area contributed by atoms with Crippen LogP contribution in [0.3, 0.4) is 0 Å². The minimum Gasteiger partial charge on any atom is -0.388 e. The molecule has 1 aliphatic heterocycles. The highest BCUT2D eigenvalue weighted by molar-refractivity contribution is 5.76. The Morgan fingerprint density at radius 2 is 1.83 bits per heavy atom. The molecule has 106 valence electrons. The molecule has 1 amide bonds. The quantitative estimate of drug-likeness (QED) is 0.697. The van der Waals surface area contributed by atoms with Crippen LogP contribution >= 0.6 is 0 Å². The molecule has 0 spiro atoms. The fourth-order valence-electron chi connectivity index (χ4n) is 2.07. The Kier molecular flexibility index (Phi) is 5.17. The summed E-state index contributed by atoms with van der Waals surface area (Å²) in [5.41, 5.74) is -1.52. The number of hydrogen-bond donors (Lipinski definition) is 3. The second-order valence-electron chi connectivity index (χ2n) is 6.46. The predicted molar refractivity (Wildman–Crippen MR) is 73.3 cm³/mol. The molecule has 0 atom stereocenters. The van der Waals surface area contributed by atoms with Gasteiger partial charge in [0.25, 0.3) is 0 Å². The highest BCUT2D eigenvalue weighted by Gasteiger charge is 2.36. The number of aliphatic hydroxyl groups is 1. The van der Waals surface area contributed by atoms with Gasteiger partial charge < -0.3 is 15.7 Å². The summed E-state index contributed by atoms with van der Waals surface area (Å²) in [7, 11) is 0. The molecule has 0 aromatic rings.